The molecule has 1 aliphatic heterocycles. The number of piperidine rings is 1. The fraction of sp³-hybridized carbons (Fsp3) is 0.238. The van der Waals surface area contributed by atoms with Crippen LogP contribution in [0, 0.1) is 11.7 Å². The van der Waals surface area contributed by atoms with Gasteiger partial charge in [-0.25, -0.2) is 12.8 Å². The van der Waals surface area contributed by atoms with Crippen molar-refractivity contribution in [2.45, 2.75) is 17.7 Å². The van der Waals surface area contributed by atoms with E-state index in [0.29, 0.717) is 28.8 Å². The predicted molar refractivity (Wildman–Crippen MR) is 110 cm³/mol. The monoisotopic (exact) mass is 448 g/mol. The molecule has 4 rings (SSSR count). The first-order valence-corrected chi connectivity index (χ1v) is 11.2. The highest BCUT2D eigenvalue weighted by Gasteiger charge is 2.34. The molecule has 1 fully saturated rings. The zero-order valence-electron chi connectivity index (χ0n) is 15.8. The predicted octanol–water partition coefficient (Wildman–Crippen LogP) is 4.03. The maximum atomic E-state index is 13.1. The maximum absolute atomic E-state index is 13.1. The number of carbonyl (C=O) groups is 1. The molecule has 30 heavy (non-hydrogen) atoms. The molecule has 1 saturated heterocycles. The third-order valence-electron chi connectivity index (χ3n) is 5.06. The zero-order chi connectivity index (χ0) is 21.3. The summed E-state index contributed by atoms with van der Waals surface area (Å²) in [7, 11) is -3.83. The van der Waals surface area contributed by atoms with Gasteiger partial charge in [0.15, 0.2) is 5.75 Å². The number of halogens is 2. The fourth-order valence-corrected chi connectivity index (χ4v) is 5.23. The molecule has 2 heterocycles. The summed E-state index contributed by atoms with van der Waals surface area (Å²) < 4.78 is 45.7. The average Bonchev–Trinajstić information content (AvgIpc) is 2.76. The summed E-state index contributed by atoms with van der Waals surface area (Å²) in [5.74, 6) is -1.39. The second kappa shape index (κ2) is 8.29. The van der Waals surface area contributed by atoms with Gasteiger partial charge in [-0.2, -0.15) is 4.31 Å². The van der Waals surface area contributed by atoms with Crippen molar-refractivity contribution in [3.05, 3.63) is 65.6 Å². The summed E-state index contributed by atoms with van der Waals surface area (Å²) in [6, 6.07) is 11.4. The van der Waals surface area contributed by atoms with E-state index in [1.807, 2.05) is 0 Å². The summed E-state index contributed by atoms with van der Waals surface area (Å²) in [5, 5.41) is 1.15. The molecule has 6 nitrogen and oxygen atoms in total. The number of nitrogens with zero attached hydrogens (tertiary/aromatic N) is 2. The maximum Gasteiger partial charge on any atom is 0.315 e. The Morgan fingerprint density at radius 2 is 1.93 bits per heavy atom. The summed E-state index contributed by atoms with van der Waals surface area (Å²) in [5.41, 5.74) is 0.463. The molecular formula is C21H18ClFN2O4S. The van der Waals surface area contributed by atoms with E-state index in [-0.39, 0.29) is 23.7 Å². The topological polar surface area (TPSA) is 76.6 Å². The quantitative estimate of drug-likeness (QED) is 0.445. The third kappa shape index (κ3) is 4.03. The Hall–Kier alpha value is -2.55. The summed E-state index contributed by atoms with van der Waals surface area (Å²) in [4.78, 5) is 17.0. The zero-order valence-corrected chi connectivity index (χ0v) is 17.4. The van der Waals surface area contributed by atoms with Gasteiger partial charge in [0.25, 0.3) is 0 Å². The van der Waals surface area contributed by atoms with E-state index in [4.69, 9.17) is 16.3 Å². The number of aromatic nitrogens is 1. The number of pyridine rings is 1. The molecule has 9 heteroatoms. The first-order valence-electron chi connectivity index (χ1n) is 9.37. The lowest BCUT2D eigenvalue weighted by Gasteiger charge is -2.30. The van der Waals surface area contributed by atoms with Gasteiger partial charge in [-0.05, 0) is 61.4 Å². The largest absolute Gasteiger partial charge is 0.424 e. The van der Waals surface area contributed by atoms with E-state index >= 15 is 0 Å². The van der Waals surface area contributed by atoms with Gasteiger partial charge in [0.05, 0.1) is 15.8 Å². The van der Waals surface area contributed by atoms with Crippen LogP contribution in [0.15, 0.2) is 59.6 Å². The fourth-order valence-electron chi connectivity index (χ4n) is 3.49. The molecule has 1 aliphatic rings. The number of fused-ring (bicyclic) bond motifs is 1. The normalized spacial score (nSPS) is 17.7. The Morgan fingerprint density at radius 3 is 2.70 bits per heavy atom. The first-order chi connectivity index (χ1) is 14.4. The van der Waals surface area contributed by atoms with Crippen LogP contribution in [0.3, 0.4) is 0 Å². The average molecular weight is 449 g/mol. The number of ether oxygens (including phenoxy) is 1. The molecule has 0 unspecified atom stereocenters. The van der Waals surface area contributed by atoms with Crippen molar-refractivity contribution in [2.75, 3.05) is 13.1 Å². The number of carbonyl (C=O) groups excluding carboxylic acids is 1. The van der Waals surface area contributed by atoms with Gasteiger partial charge < -0.3 is 4.74 Å². The van der Waals surface area contributed by atoms with E-state index in [1.165, 1.54) is 16.4 Å². The van der Waals surface area contributed by atoms with Crippen LogP contribution in [0.5, 0.6) is 5.75 Å². The van der Waals surface area contributed by atoms with E-state index in [2.05, 4.69) is 4.98 Å². The van der Waals surface area contributed by atoms with Gasteiger partial charge in [-0.3, -0.25) is 9.78 Å². The Morgan fingerprint density at radius 1 is 1.17 bits per heavy atom. The van der Waals surface area contributed by atoms with Crippen LogP contribution in [0.25, 0.3) is 10.9 Å². The van der Waals surface area contributed by atoms with Gasteiger partial charge in [-0.1, -0.05) is 11.6 Å². The minimum absolute atomic E-state index is 0.00249. The van der Waals surface area contributed by atoms with E-state index in [0.717, 1.165) is 12.1 Å². The van der Waals surface area contributed by atoms with Crippen LogP contribution in [0.2, 0.25) is 5.02 Å². The number of esters is 1. The smallest absolute Gasteiger partial charge is 0.315 e. The van der Waals surface area contributed by atoms with Gasteiger partial charge >= 0.3 is 5.97 Å². The van der Waals surface area contributed by atoms with Crippen molar-refractivity contribution >= 4 is 38.5 Å². The van der Waals surface area contributed by atoms with Gasteiger partial charge in [-0.15, -0.1) is 0 Å². The SMILES string of the molecule is O=C(Oc1ccc(Cl)c2cccnc12)[C@H]1CCCN(S(=O)(=O)c2ccc(F)cc2)C1. The third-order valence-corrected chi connectivity index (χ3v) is 7.27. The van der Waals surface area contributed by atoms with E-state index in [1.54, 1.807) is 30.5 Å². The summed E-state index contributed by atoms with van der Waals surface area (Å²) in [6.07, 6.45) is 2.60. The number of rotatable bonds is 4. The Balaban J connectivity index is 1.53. The molecule has 0 aliphatic carbocycles. The molecule has 0 spiro atoms. The lowest BCUT2D eigenvalue weighted by molar-refractivity contribution is -0.140. The van der Waals surface area contributed by atoms with E-state index < -0.39 is 27.7 Å². The number of benzene rings is 2. The van der Waals surface area contributed by atoms with Gasteiger partial charge in [0, 0.05) is 24.7 Å². The highest BCUT2D eigenvalue weighted by molar-refractivity contribution is 7.89. The molecule has 0 amide bonds. The van der Waals surface area contributed by atoms with Crippen molar-refractivity contribution in [1.82, 2.24) is 9.29 Å². The van der Waals surface area contributed by atoms with Gasteiger partial charge in [0.2, 0.25) is 10.0 Å². The molecule has 0 bridgehead atoms. The molecule has 1 atom stereocenters. The molecule has 0 radical (unpaired) electrons. The lowest BCUT2D eigenvalue weighted by Crippen LogP contribution is -2.43. The van der Waals surface area contributed by atoms with Gasteiger partial charge in [0.1, 0.15) is 11.3 Å². The molecule has 0 saturated carbocycles. The van der Waals surface area contributed by atoms with Crippen LogP contribution in [0.1, 0.15) is 12.8 Å². The first kappa shape index (κ1) is 20.7. The second-order valence-electron chi connectivity index (χ2n) is 7.02. The van der Waals surface area contributed by atoms with Crippen molar-refractivity contribution < 1.29 is 22.3 Å². The highest BCUT2D eigenvalue weighted by Crippen LogP contribution is 2.31. The summed E-state index contributed by atoms with van der Waals surface area (Å²) in [6.45, 7) is 0.284. The lowest BCUT2D eigenvalue weighted by atomic mass is 10.00. The van der Waals surface area contributed by atoms with Crippen LogP contribution < -0.4 is 4.74 Å². The summed E-state index contributed by atoms with van der Waals surface area (Å²) >= 11 is 6.17. The molecule has 3 aromatic rings. The number of hydrogen-bond acceptors (Lipinski definition) is 5. The Bertz CT molecular complexity index is 1200. The minimum atomic E-state index is -3.83. The van der Waals surface area contributed by atoms with E-state index in [9.17, 15) is 17.6 Å². The van der Waals surface area contributed by atoms with Crippen molar-refractivity contribution in [2.24, 2.45) is 5.92 Å². The standard InChI is InChI=1S/C21H18ClFN2O4S/c22-18-9-10-19(20-17(18)4-1-11-24-20)29-21(26)14-3-2-12-25(13-14)30(27,28)16-7-5-15(23)6-8-16/h1,4-11,14H,2-3,12-13H2/t14-/m0/s1. The number of hydrogen-bond donors (Lipinski definition) is 0. The molecular weight excluding hydrogens is 431 g/mol. The van der Waals surface area contributed by atoms with Crippen molar-refractivity contribution in [3.63, 3.8) is 0 Å². The Kier molecular flexibility index (Phi) is 5.73. The Labute approximate surface area is 178 Å². The molecule has 1 aromatic heterocycles. The van der Waals surface area contributed by atoms with Crippen LogP contribution in [0.4, 0.5) is 4.39 Å². The molecule has 0 N–H and O–H groups in total. The molecule has 156 valence electrons. The minimum Gasteiger partial charge on any atom is -0.424 e. The highest BCUT2D eigenvalue weighted by atomic mass is 35.5. The van der Waals surface area contributed by atoms with Crippen molar-refractivity contribution in [1.29, 1.82) is 0 Å². The van der Waals surface area contributed by atoms with Crippen molar-refractivity contribution in [3.8, 4) is 5.75 Å². The van der Waals surface area contributed by atoms with Crippen LogP contribution >= 0.6 is 11.6 Å². The van der Waals surface area contributed by atoms with Crippen LogP contribution in [-0.4, -0.2) is 36.8 Å². The number of sulfonamides is 1. The second-order valence-corrected chi connectivity index (χ2v) is 9.37. The van der Waals surface area contributed by atoms with Crippen LogP contribution in [-0.2, 0) is 14.8 Å². The molecule has 2 aromatic carbocycles.